The normalized spacial score (nSPS) is 15.1. The molecule has 0 aliphatic carbocycles. The van der Waals surface area contributed by atoms with Gasteiger partial charge in [0.05, 0.1) is 0 Å². The summed E-state index contributed by atoms with van der Waals surface area (Å²) >= 11 is 1.85. The van der Waals surface area contributed by atoms with Gasteiger partial charge in [-0.05, 0) is 20.3 Å². The third kappa shape index (κ3) is 1.13. The third-order valence-electron chi connectivity index (χ3n) is 1.88. The van der Waals surface area contributed by atoms with Crippen LogP contribution in [0.15, 0.2) is 5.03 Å². The van der Waals surface area contributed by atoms with Gasteiger partial charge in [0.1, 0.15) is 10.9 Å². The highest BCUT2D eigenvalue weighted by atomic mass is 32.2. The minimum Gasteiger partial charge on any atom is -0.238 e. The van der Waals surface area contributed by atoms with Gasteiger partial charge in [0.15, 0.2) is 0 Å². The average Bonchev–Trinajstić information content (AvgIpc) is 2.34. The molecule has 2 nitrogen and oxygen atoms in total. The molecule has 0 saturated carbocycles. The van der Waals surface area contributed by atoms with Gasteiger partial charge in [0, 0.05) is 17.0 Å². The Morgan fingerprint density at radius 1 is 1.27 bits per heavy atom. The molecule has 0 saturated heterocycles. The molecule has 2 rings (SSSR count). The third-order valence-corrected chi connectivity index (χ3v) is 2.90. The number of hydrogen-bond acceptors (Lipinski definition) is 3. The van der Waals surface area contributed by atoms with Crippen molar-refractivity contribution in [1.29, 1.82) is 0 Å². The van der Waals surface area contributed by atoms with Crippen molar-refractivity contribution in [2.45, 2.75) is 25.3 Å². The van der Waals surface area contributed by atoms with Gasteiger partial charge in [-0.25, -0.2) is 9.97 Å². The summed E-state index contributed by atoms with van der Waals surface area (Å²) in [4.78, 5) is 8.69. The fourth-order valence-corrected chi connectivity index (χ4v) is 2.48. The molecule has 0 atom stereocenters. The summed E-state index contributed by atoms with van der Waals surface area (Å²) in [6.07, 6.45) is 1.14. The molecule has 0 radical (unpaired) electrons. The molecule has 0 fully saturated rings. The van der Waals surface area contributed by atoms with E-state index < -0.39 is 0 Å². The van der Waals surface area contributed by atoms with Crippen LogP contribution in [0.5, 0.6) is 0 Å². The van der Waals surface area contributed by atoms with E-state index in [1.54, 1.807) is 0 Å². The quantitative estimate of drug-likeness (QED) is 0.549. The molecule has 3 heteroatoms. The number of nitrogens with zero attached hydrogens (tertiary/aromatic N) is 2. The Balaban J connectivity index is 2.60. The van der Waals surface area contributed by atoms with Crippen molar-refractivity contribution >= 4 is 11.8 Å². The van der Waals surface area contributed by atoms with E-state index in [4.69, 9.17) is 0 Å². The van der Waals surface area contributed by atoms with Gasteiger partial charge in [-0.3, -0.25) is 0 Å². The maximum Gasteiger partial charge on any atom is 0.126 e. The summed E-state index contributed by atoms with van der Waals surface area (Å²) < 4.78 is 0. The lowest BCUT2D eigenvalue weighted by molar-refractivity contribution is 0.893. The molecular weight excluding hydrogens is 156 g/mol. The fraction of sp³-hybridized carbons (Fsp3) is 0.500. The van der Waals surface area contributed by atoms with E-state index in [1.165, 1.54) is 16.3 Å². The van der Waals surface area contributed by atoms with Crippen LogP contribution in [0, 0.1) is 13.8 Å². The zero-order valence-electron chi connectivity index (χ0n) is 6.72. The smallest absolute Gasteiger partial charge is 0.126 e. The van der Waals surface area contributed by atoms with Gasteiger partial charge in [-0.2, -0.15) is 0 Å². The van der Waals surface area contributed by atoms with Crippen LogP contribution >= 0.6 is 11.8 Å². The van der Waals surface area contributed by atoms with Gasteiger partial charge >= 0.3 is 0 Å². The van der Waals surface area contributed by atoms with E-state index in [2.05, 4.69) is 16.9 Å². The number of thioether (sulfide) groups is 1. The molecule has 11 heavy (non-hydrogen) atoms. The largest absolute Gasteiger partial charge is 0.238 e. The molecule has 0 unspecified atom stereocenters. The SMILES string of the molecule is Cc1nc(C)c2c(n1)SCC2. The lowest BCUT2D eigenvalue weighted by atomic mass is 10.2. The van der Waals surface area contributed by atoms with E-state index in [0.717, 1.165) is 17.9 Å². The number of aryl methyl sites for hydroxylation is 2. The van der Waals surface area contributed by atoms with Crippen molar-refractivity contribution in [2.24, 2.45) is 0 Å². The Hall–Kier alpha value is -0.570. The lowest BCUT2D eigenvalue weighted by Gasteiger charge is -2.01. The Kier molecular flexibility index (Phi) is 1.60. The van der Waals surface area contributed by atoms with Crippen molar-refractivity contribution in [3.63, 3.8) is 0 Å². The lowest BCUT2D eigenvalue weighted by Crippen LogP contribution is -1.96. The molecule has 1 aliphatic rings. The molecule has 0 amide bonds. The van der Waals surface area contributed by atoms with E-state index in [9.17, 15) is 0 Å². The Bertz CT molecular complexity index is 296. The molecule has 0 spiro atoms. The van der Waals surface area contributed by atoms with Gasteiger partial charge < -0.3 is 0 Å². The van der Waals surface area contributed by atoms with Crippen LogP contribution in [-0.4, -0.2) is 15.7 Å². The summed E-state index contributed by atoms with van der Waals surface area (Å²) in [6.45, 7) is 4.02. The molecule has 1 aromatic rings. The number of rotatable bonds is 0. The Morgan fingerprint density at radius 2 is 2.09 bits per heavy atom. The van der Waals surface area contributed by atoms with Gasteiger partial charge in [-0.15, -0.1) is 11.8 Å². The monoisotopic (exact) mass is 166 g/mol. The summed E-state index contributed by atoms with van der Waals surface area (Å²) in [7, 11) is 0. The summed E-state index contributed by atoms with van der Waals surface area (Å²) in [6, 6.07) is 0. The molecule has 2 heterocycles. The Morgan fingerprint density at radius 3 is 2.91 bits per heavy atom. The number of aromatic nitrogens is 2. The maximum absolute atomic E-state index is 4.37. The van der Waals surface area contributed by atoms with Crippen LogP contribution in [-0.2, 0) is 6.42 Å². The van der Waals surface area contributed by atoms with Crippen LogP contribution in [0.2, 0.25) is 0 Å². The maximum atomic E-state index is 4.37. The van der Waals surface area contributed by atoms with Crippen LogP contribution in [0.1, 0.15) is 17.1 Å². The second-order valence-corrected chi connectivity index (χ2v) is 3.82. The highest BCUT2D eigenvalue weighted by Crippen LogP contribution is 2.30. The van der Waals surface area contributed by atoms with Crippen LogP contribution in [0.25, 0.3) is 0 Å². The van der Waals surface area contributed by atoms with Gasteiger partial charge in [0.2, 0.25) is 0 Å². The predicted molar refractivity (Wildman–Crippen MR) is 45.9 cm³/mol. The summed E-state index contributed by atoms with van der Waals surface area (Å²) in [5.41, 5.74) is 2.53. The standard InChI is InChI=1S/C8H10N2S/c1-5-7-3-4-11-8(7)10-6(2)9-5/h3-4H2,1-2H3. The van der Waals surface area contributed by atoms with Gasteiger partial charge in [0.25, 0.3) is 0 Å². The first-order valence-corrected chi connectivity index (χ1v) is 4.73. The molecule has 1 aromatic heterocycles. The van der Waals surface area contributed by atoms with Crippen molar-refractivity contribution in [2.75, 3.05) is 5.75 Å². The van der Waals surface area contributed by atoms with Crippen molar-refractivity contribution in [3.8, 4) is 0 Å². The summed E-state index contributed by atoms with van der Waals surface area (Å²) in [5, 5.41) is 1.20. The van der Waals surface area contributed by atoms with Crippen molar-refractivity contribution < 1.29 is 0 Å². The highest BCUT2D eigenvalue weighted by molar-refractivity contribution is 7.99. The molecule has 0 aromatic carbocycles. The fourth-order valence-electron chi connectivity index (χ4n) is 1.36. The minimum absolute atomic E-state index is 0.899. The molecule has 58 valence electrons. The highest BCUT2D eigenvalue weighted by Gasteiger charge is 2.15. The molecule has 0 N–H and O–H groups in total. The molecule has 1 aliphatic heterocycles. The Labute approximate surface area is 70.4 Å². The number of hydrogen-bond donors (Lipinski definition) is 0. The summed E-state index contributed by atoms with van der Waals surface area (Å²) in [5.74, 6) is 2.07. The van der Waals surface area contributed by atoms with E-state index in [-0.39, 0.29) is 0 Å². The van der Waals surface area contributed by atoms with Crippen molar-refractivity contribution in [3.05, 3.63) is 17.1 Å². The molecule has 0 bridgehead atoms. The van der Waals surface area contributed by atoms with E-state index in [1.807, 2.05) is 18.7 Å². The zero-order chi connectivity index (χ0) is 7.84. The first-order valence-electron chi connectivity index (χ1n) is 3.74. The van der Waals surface area contributed by atoms with Crippen molar-refractivity contribution in [1.82, 2.24) is 9.97 Å². The van der Waals surface area contributed by atoms with Crippen LogP contribution in [0.3, 0.4) is 0 Å². The predicted octanol–water partition coefficient (Wildman–Crippen LogP) is 1.74. The number of fused-ring (bicyclic) bond motifs is 1. The zero-order valence-corrected chi connectivity index (χ0v) is 7.53. The van der Waals surface area contributed by atoms with E-state index >= 15 is 0 Å². The second kappa shape index (κ2) is 2.48. The first-order chi connectivity index (χ1) is 5.27. The minimum atomic E-state index is 0.899. The van der Waals surface area contributed by atoms with Crippen LogP contribution in [0.4, 0.5) is 0 Å². The second-order valence-electron chi connectivity index (χ2n) is 2.74. The first kappa shape index (κ1) is 7.10. The topological polar surface area (TPSA) is 25.8 Å². The average molecular weight is 166 g/mol. The van der Waals surface area contributed by atoms with Gasteiger partial charge in [-0.1, -0.05) is 0 Å². The molecular formula is C8H10N2S. The van der Waals surface area contributed by atoms with Crippen LogP contribution < -0.4 is 0 Å². The van der Waals surface area contributed by atoms with E-state index in [0.29, 0.717) is 0 Å².